The standard InChI is InChI=1S/C13H16N4O3/c1-4-9(13(18)19-5-2)12-16-11(17-20-12)10-14-6-8(3)7-15-10/h6-7,9H,4-5H2,1-3H3. The van der Waals surface area contributed by atoms with Crippen LogP contribution in [0.5, 0.6) is 0 Å². The Balaban J connectivity index is 2.23. The smallest absolute Gasteiger partial charge is 0.318 e. The molecule has 0 radical (unpaired) electrons. The fourth-order valence-corrected chi connectivity index (χ4v) is 1.66. The van der Waals surface area contributed by atoms with Gasteiger partial charge in [0.15, 0.2) is 0 Å². The van der Waals surface area contributed by atoms with Gasteiger partial charge in [-0.05, 0) is 25.8 Å². The number of nitrogens with zero attached hydrogens (tertiary/aromatic N) is 4. The van der Waals surface area contributed by atoms with E-state index in [2.05, 4.69) is 20.1 Å². The number of carbonyl (C=O) groups excluding carboxylic acids is 1. The molecule has 0 aliphatic heterocycles. The second-order valence-corrected chi connectivity index (χ2v) is 4.25. The monoisotopic (exact) mass is 276 g/mol. The van der Waals surface area contributed by atoms with Crippen LogP contribution in [0.1, 0.15) is 37.6 Å². The molecule has 1 atom stereocenters. The van der Waals surface area contributed by atoms with Crippen molar-refractivity contribution >= 4 is 5.97 Å². The second-order valence-electron chi connectivity index (χ2n) is 4.25. The molecule has 7 nitrogen and oxygen atoms in total. The van der Waals surface area contributed by atoms with Gasteiger partial charge in [0.2, 0.25) is 17.5 Å². The molecule has 0 fully saturated rings. The molecule has 0 saturated carbocycles. The molecule has 2 aromatic rings. The maximum atomic E-state index is 11.8. The molecule has 20 heavy (non-hydrogen) atoms. The van der Waals surface area contributed by atoms with E-state index in [-0.39, 0.29) is 17.7 Å². The number of hydrogen-bond donors (Lipinski definition) is 0. The van der Waals surface area contributed by atoms with Gasteiger partial charge in [0.25, 0.3) is 0 Å². The molecule has 0 spiro atoms. The van der Waals surface area contributed by atoms with Crippen LogP contribution < -0.4 is 0 Å². The van der Waals surface area contributed by atoms with Gasteiger partial charge >= 0.3 is 5.97 Å². The van der Waals surface area contributed by atoms with Crippen LogP contribution in [0.25, 0.3) is 11.6 Å². The molecule has 0 amide bonds. The zero-order chi connectivity index (χ0) is 14.5. The summed E-state index contributed by atoms with van der Waals surface area (Å²) < 4.78 is 10.1. The van der Waals surface area contributed by atoms with Crippen molar-refractivity contribution in [1.82, 2.24) is 20.1 Å². The van der Waals surface area contributed by atoms with Crippen molar-refractivity contribution in [2.45, 2.75) is 33.1 Å². The Morgan fingerprint density at radius 1 is 1.30 bits per heavy atom. The van der Waals surface area contributed by atoms with Gasteiger partial charge in [0.1, 0.15) is 5.92 Å². The summed E-state index contributed by atoms with van der Waals surface area (Å²) >= 11 is 0. The van der Waals surface area contributed by atoms with Crippen LogP contribution in [0, 0.1) is 6.92 Å². The third-order valence-electron chi connectivity index (χ3n) is 2.70. The lowest BCUT2D eigenvalue weighted by molar-refractivity contribution is -0.145. The number of carbonyl (C=O) groups is 1. The number of aryl methyl sites for hydroxylation is 1. The Bertz CT molecular complexity index is 580. The van der Waals surface area contributed by atoms with E-state index in [1.54, 1.807) is 19.3 Å². The fourth-order valence-electron chi connectivity index (χ4n) is 1.66. The summed E-state index contributed by atoms with van der Waals surface area (Å²) in [7, 11) is 0. The average molecular weight is 276 g/mol. The molecule has 0 aliphatic rings. The summed E-state index contributed by atoms with van der Waals surface area (Å²) in [5, 5.41) is 3.81. The minimum absolute atomic E-state index is 0.227. The summed E-state index contributed by atoms with van der Waals surface area (Å²) in [6.07, 6.45) is 3.86. The van der Waals surface area contributed by atoms with Crippen molar-refractivity contribution in [1.29, 1.82) is 0 Å². The highest BCUT2D eigenvalue weighted by atomic mass is 16.5. The molecule has 0 aromatic carbocycles. The Kier molecular flexibility index (Phi) is 4.39. The first kappa shape index (κ1) is 14.1. The van der Waals surface area contributed by atoms with Gasteiger partial charge in [-0.2, -0.15) is 4.98 Å². The van der Waals surface area contributed by atoms with Crippen molar-refractivity contribution in [3.05, 3.63) is 23.8 Å². The van der Waals surface area contributed by atoms with Crippen molar-refractivity contribution in [3.8, 4) is 11.6 Å². The predicted octanol–water partition coefficient (Wildman–Crippen LogP) is 1.89. The van der Waals surface area contributed by atoms with E-state index < -0.39 is 5.92 Å². The molecule has 2 aromatic heterocycles. The lowest BCUT2D eigenvalue weighted by Crippen LogP contribution is -2.15. The van der Waals surface area contributed by atoms with Gasteiger partial charge < -0.3 is 9.26 Å². The van der Waals surface area contributed by atoms with E-state index >= 15 is 0 Å². The lowest BCUT2D eigenvalue weighted by atomic mass is 10.1. The molecule has 2 heterocycles. The highest BCUT2D eigenvalue weighted by Crippen LogP contribution is 2.21. The van der Waals surface area contributed by atoms with Crippen LogP contribution in [0.3, 0.4) is 0 Å². The summed E-state index contributed by atoms with van der Waals surface area (Å²) in [4.78, 5) is 24.2. The molecule has 0 aliphatic carbocycles. The first-order valence-electron chi connectivity index (χ1n) is 6.45. The predicted molar refractivity (Wildman–Crippen MR) is 69.7 cm³/mol. The van der Waals surface area contributed by atoms with Crippen LogP contribution >= 0.6 is 0 Å². The van der Waals surface area contributed by atoms with E-state index in [4.69, 9.17) is 9.26 Å². The quantitative estimate of drug-likeness (QED) is 0.770. The summed E-state index contributed by atoms with van der Waals surface area (Å²) in [6.45, 7) is 5.81. The summed E-state index contributed by atoms with van der Waals surface area (Å²) in [5.41, 5.74) is 0.940. The largest absolute Gasteiger partial charge is 0.465 e. The SMILES string of the molecule is CCOC(=O)C(CC)c1nc(-c2ncc(C)cn2)no1. The molecule has 1 unspecified atom stereocenters. The molecule has 2 rings (SSSR count). The average Bonchev–Trinajstić information content (AvgIpc) is 2.90. The van der Waals surface area contributed by atoms with E-state index in [1.165, 1.54) is 0 Å². The minimum atomic E-state index is -0.554. The van der Waals surface area contributed by atoms with Crippen LogP contribution in [0.15, 0.2) is 16.9 Å². The number of rotatable bonds is 5. The first-order valence-corrected chi connectivity index (χ1v) is 6.45. The third-order valence-corrected chi connectivity index (χ3v) is 2.70. The minimum Gasteiger partial charge on any atom is -0.465 e. The van der Waals surface area contributed by atoms with E-state index in [0.29, 0.717) is 18.9 Å². The van der Waals surface area contributed by atoms with E-state index in [0.717, 1.165) is 5.56 Å². The zero-order valence-electron chi connectivity index (χ0n) is 11.7. The lowest BCUT2D eigenvalue weighted by Gasteiger charge is -2.08. The van der Waals surface area contributed by atoms with Crippen LogP contribution in [0.4, 0.5) is 0 Å². The normalized spacial score (nSPS) is 12.2. The van der Waals surface area contributed by atoms with Crippen molar-refractivity contribution in [2.24, 2.45) is 0 Å². The molecule has 7 heteroatoms. The molecule has 0 saturated heterocycles. The Hall–Kier alpha value is -2.31. The third kappa shape index (κ3) is 2.98. The number of aromatic nitrogens is 4. The van der Waals surface area contributed by atoms with Crippen LogP contribution in [-0.2, 0) is 9.53 Å². The maximum Gasteiger partial charge on any atom is 0.318 e. The van der Waals surface area contributed by atoms with Gasteiger partial charge in [-0.25, -0.2) is 9.97 Å². The van der Waals surface area contributed by atoms with E-state index in [1.807, 2.05) is 13.8 Å². The Labute approximate surface area is 116 Å². The number of hydrogen-bond acceptors (Lipinski definition) is 7. The molecule has 106 valence electrons. The van der Waals surface area contributed by atoms with E-state index in [9.17, 15) is 4.79 Å². The molecular weight excluding hydrogens is 260 g/mol. The highest BCUT2D eigenvalue weighted by Gasteiger charge is 2.27. The zero-order valence-corrected chi connectivity index (χ0v) is 11.7. The second kappa shape index (κ2) is 6.23. The molecule has 0 bridgehead atoms. The van der Waals surface area contributed by atoms with Crippen LogP contribution in [-0.4, -0.2) is 32.7 Å². The van der Waals surface area contributed by atoms with Gasteiger partial charge in [-0.15, -0.1) is 0 Å². The Morgan fingerprint density at radius 2 is 2.00 bits per heavy atom. The maximum absolute atomic E-state index is 11.8. The van der Waals surface area contributed by atoms with Gasteiger partial charge in [-0.1, -0.05) is 12.1 Å². The molecular formula is C13H16N4O3. The van der Waals surface area contributed by atoms with Crippen molar-refractivity contribution < 1.29 is 14.1 Å². The number of ether oxygens (including phenoxy) is 1. The van der Waals surface area contributed by atoms with Crippen molar-refractivity contribution in [2.75, 3.05) is 6.61 Å². The summed E-state index contributed by atoms with van der Waals surface area (Å²) in [6, 6.07) is 0. The van der Waals surface area contributed by atoms with Gasteiger partial charge in [0, 0.05) is 12.4 Å². The Morgan fingerprint density at radius 3 is 2.60 bits per heavy atom. The first-order chi connectivity index (χ1) is 9.65. The van der Waals surface area contributed by atoms with Crippen LogP contribution in [0.2, 0.25) is 0 Å². The fraction of sp³-hybridized carbons (Fsp3) is 0.462. The van der Waals surface area contributed by atoms with Crippen molar-refractivity contribution in [3.63, 3.8) is 0 Å². The molecule has 0 N–H and O–H groups in total. The topological polar surface area (TPSA) is 91.0 Å². The van der Waals surface area contributed by atoms with Gasteiger partial charge in [0.05, 0.1) is 6.61 Å². The van der Waals surface area contributed by atoms with Gasteiger partial charge in [-0.3, -0.25) is 4.79 Å². The number of esters is 1. The highest BCUT2D eigenvalue weighted by molar-refractivity contribution is 5.76. The summed E-state index contributed by atoms with van der Waals surface area (Å²) in [5.74, 6) is -0.0612.